The Hall–Kier alpha value is -2.34. The summed E-state index contributed by atoms with van der Waals surface area (Å²) in [6.07, 6.45) is 5.26. The van der Waals surface area contributed by atoms with Crippen LogP contribution >= 0.6 is 0 Å². The summed E-state index contributed by atoms with van der Waals surface area (Å²) in [5.41, 5.74) is 13.0. The Morgan fingerprint density at radius 1 is 0.606 bits per heavy atom. The van der Waals surface area contributed by atoms with Gasteiger partial charge in [-0.1, -0.05) is 122 Å². The minimum absolute atomic E-state index is 0.147. The first kappa shape index (κ1) is 25.3. The molecule has 0 bridgehead atoms. The lowest BCUT2D eigenvalue weighted by Crippen LogP contribution is -2.36. The molecule has 4 aliphatic rings. The van der Waals surface area contributed by atoms with E-state index in [9.17, 15) is 0 Å². The van der Waals surface area contributed by atoms with Crippen molar-refractivity contribution in [2.75, 3.05) is 0 Å². The van der Waals surface area contributed by atoms with E-state index in [0.29, 0.717) is 0 Å². The molecule has 0 aliphatic heterocycles. The fourth-order valence-corrected chi connectivity index (χ4v) is 7.08. The van der Waals surface area contributed by atoms with E-state index in [0.717, 1.165) is 18.3 Å². The molecule has 1 saturated carbocycles. The molecule has 1 spiro atoms. The lowest BCUT2D eigenvalue weighted by Gasteiger charge is -2.40. The molecule has 3 aromatic carbocycles. The molecular weight excluding hydrogens is 396 g/mol. The van der Waals surface area contributed by atoms with Crippen molar-refractivity contribution in [1.29, 1.82) is 0 Å². The smallest absolute Gasteiger partial charge is 0.0506 e. The van der Waals surface area contributed by atoms with E-state index in [1.807, 2.05) is 55.4 Å². The van der Waals surface area contributed by atoms with Gasteiger partial charge in [-0.05, 0) is 75.6 Å². The Morgan fingerprint density at radius 2 is 1.21 bits per heavy atom. The molecule has 0 nitrogen and oxygen atoms in total. The van der Waals surface area contributed by atoms with Crippen LogP contribution in [0, 0.1) is 5.92 Å². The SMILES string of the molecule is CC.CC.CC.CC.c1ccc2c(c1)-c1cccc3c1C21c2c(cccc2C2CCCC21)C3. The molecule has 0 N–H and O–H groups in total. The van der Waals surface area contributed by atoms with Crippen molar-refractivity contribution in [2.45, 2.75) is 92.4 Å². The van der Waals surface area contributed by atoms with Crippen LogP contribution in [0.2, 0.25) is 0 Å². The average Bonchev–Trinajstić information content (AvgIpc) is 3.59. The zero-order chi connectivity index (χ0) is 24.2. The van der Waals surface area contributed by atoms with Gasteiger partial charge >= 0.3 is 0 Å². The van der Waals surface area contributed by atoms with E-state index in [4.69, 9.17) is 0 Å². The summed E-state index contributed by atoms with van der Waals surface area (Å²) in [6.45, 7) is 16.0. The van der Waals surface area contributed by atoms with E-state index >= 15 is 0 Å². The van der Waals surface area contributed by atoms with Crippen LogP contribution in [0.25, 0.3) is 11.1 Å². The fraction of sp³-hybridized carbons (Fsp3) is 0.455. The van der Waals surface area contributed by atoms with Crippen LogP contribution in [0.1, 0.15) is 114 Å². The third kappa shape index (κ3) is 3.32. The summed E-state index contributed by atoms with van der Waals surface area (Å²) in [7, 11) is 0. The van der Waals surface area contributed by atoms with Crippen molar-refractivity contribution in [1.82, 2.24) is 0 Å². The van der Waals surface area contributed by atoms with E-state index in [2.05, 4.69) is 60.7 Å². The molecule has 0 saturated heterocycles. The van der Waals surface area contributed by atoms with Gasteiger partial charge in [0.15, 0.2) is 0 Å². The predicted octanol–water partition coefficient (Wildman–Crippen LogP) is 9.91. The van der Waals surface area contributed by atoms with Crippen LogP contribution in [-0.2, 0) is 11.8 Å². The third-order valence-electron chi connectivity index (χ3n) is 7.62. The average molecular weight is 441 g/mol. The van der Waals surface area contributed by atoms with Crippen molar-refractivity contribution < 1.29 is 0 Å². The summed E-state index contributed by atoms with van der Waals surface area (Å²) in [6, 6.07) is 23.5. The van der Waals surface area contributed by atoms with Gasteiger partial charge in [-0.3, -0.25) is 0 Å². The molecule has 0 radical (unpaired) electrons. The highest BCUT2D eigenvalue weighted by molar-refractivity contribution is 5.88. The van der Waals surface area contributed by atoms with Gasteiger partial charge in [0, 0.05) is 0 Å². The summed E-state index contributed by atoms with van der Waals surface area (Å²) < 4.78 is 0. The van der Waals surface area contributed by atoms with Gasteiger partial charge in [0.2, 0.25) is 0 Å². The van der Waals surface area contributed by atoms with Gasteiger partial charge in [0.05, 0.1) is 5.41 Å². The fourth-order valence-electron chi connectivity index (χ4n) is 7.08. The van der Waals surface area contributed by atoms with Crippen LogP contribution in [0.3, 0.4) is 0 Å². The topological polar surface area (TPSA) is 0 Å². The maximum atomic E-state index is 2.45. The quantitative estimate of drug-likeness (QED) is 0.326. The van der Waals surface area contributed by atoms with Gasteiger partial charge in [0.1, 0.15) is 0 Å². The number of benzene rings is 3. The van der Waals surface area contributed by atoms with Crippen LogP contribution in [0.5, 0.6) is 0 Å². The van der Waals surface area contributed by atoms with E-state index < -0.39 is 0 Å². The Kier molecular flexibility index (Phi) is 8.22. The van der Waals surface area contributed by atoms with Gasteiger partial charge in [-0.15, -0.1) is 0 Å². The van der Waals surface area contributed by atoms with Crippen LogP contribution in [0.4, 0.5) is 0 Å². The summed E-state index contributed by atoms with van der Waals surface area (Å²) in [5, 5.41) is 0. The van der Waals surface area contributed by atoms with Crippen molar-refractivity contribution in [3.63, 3.8) is 0 Å². The molecule has 3 aromatic rings. The zero-order valence-electron chi connectivity index (χ0n) is 22.3. The predicted molar refractivity (Wildman–Crippen MR) is 146 cm³/mol. The van der Waals surface area contributed by atoms with Gasteiger partial charge in [0.25, 0.3) is 0 Å². The Morgan fingerprint density at radius 3 is 1.94 bits per heavy atom. The maximum absolute atomic E-state index is 2.45. The highest BCUT2D eigenvalue weighted by atomic mass is 14.6. The molecule has 0 aromatic heterocycles. The highest BCUT2D eigenvalue weighted by Gasteiger charge is 2.61. The molecule has 7 rings (SSSR count). The molecule has 0 amide bonds. The first-order valence-electron chi connectivity index (χ1n) is 13.7. The molecule has 33 heavy (non-hydrogen) atoms. The Bertz CT molecular complexity index is 1070. The minimum atomic E-state index is 0.147. The van der Waals surface area contributed by atoms with Crippen molar-refractivity contribution in [2.24, 2.45) is 5.92 Å². The molecule has 3 atom stereocenters. The summed E-state index contributed by atoms with van der Waals surface area (Å²) in [4.78, 5) is 0. The second kappa shape index (κ2) is 10.7. The highest BCUT2D eigenvalue weighted by Crippen LogP contribution is 2.70. The Balaban J connectivity index is 0.000000350. The lowest BCUT2D eigenvalue weighted by molar-refractivity contribution is 0.386. The molecule has 0 heterocycles. The minimum Gasteiger partial charge on any atom is -0.0683 e. The monoisotopic (exact) mass is 440 g/mol. The lowest BCUT2D eigenvalue weighted by atomic mass is 9.61. The second-order valence-corrected chi connectivity index (χ2v) is 8.40. The zero-order valence-corrected chi connectivity index (χ0v) is 22.3. The normalized spacial score (nSPS) is 22.8. The number of fused-ring (bicyclic) bond motifs is 4. The van der Waals surface area contributed by atoms with Crippen LogP contribution in [-0.4, -0.2) is 0 Å². The molecule has 176 valence electrons. The van der Waals surface area contributed by atoms with E-state index in [1.54, 1.807) is 33.4 Å². The molecule has 3 unspecified atom stereocenters. The Labute approximate surface area is 203 Å². The van der Waals surface area contributed by atoms with Crippen molar-refractivity contribution in [3.8, 4) is 11.1 Å². The second-order valence-electron chi connectivity index (χ2n) is 8.40. The molecular formula is C33H44. The van der Waals surface area contributed by atoms with Crippen LogP contribution < -0.4 is 0 Å². The van der Waals surface area contributed by atoms with Gasteiger partial charge in [-0.25, -0.2) is 0 Å². The maximum Gasteiger partial charge on any atom is 0.0506 e. The van der Waals surface area contributed by atoms with Gasteiger partial charge < -0.3 is 0 Å². The molecule has 4 aliphatic carbocycles. The third-order valence-corrected chi connectivity index (χ3v) is 7.62. The largest absolute Gasteiger partial charge is 0.0683 e. The number of hydrogen-bond donors (Lipinski definition) is 0. The number of rotatable bonds is 0. The van der Waals surface area contributed by atoms with Crippen LogP contribution in [0.15, 0.2) is 60.7 Å². The van der Waals surface area contributed by atoms with E-state index in [1.165, 1.54) is 30.4 Å². The first-order valence-corrected chi connectivity index (χ1v) is 13.7. The molecule has 0 heteroatoms. The summed E-state index contributed by atoms with van der Waals surface area (Å²) in [5.74, 6) is 1.52. The van der Waals surface area contributed by atoms with Crippen molar-refractivity contribution in [3.05, 3.63) is 94.0 Å². The standard InChI is InChI=1S/C25H20.4C2H6/c1-2-12-21-17(8-1)19-10-3-6-15-14-16-7-4-11-20-18-9-5-13-22(18)25(21,23(15)19)24(16)20;4*1-2/h1-4,6-8,10-12,18,22H,5,9,13-14H2;4*1-2H3. The van der Waals surface area contributed by atoms with Gasteiger partial charge in [-0.2, -0.15) is 0 Å². The summed E-state index contributed by atoms with van der Waals surface area (Å²) >= 11 is 0. The van der Waals surface area contributed by atoms with Crippen molar-refractivity contribution >= 4 is 0 Å². The number of hydrogen-bond acceptors (Lipinski definition) is 0. The molecule has 1 fully saturated rings. The first-order chi connectivity index (χ1) is 16.4. The van der Waals surface area contributed by atoms with E-state index in [-0.39, 0.29) is 5.41 Å².